The maximum atomic E-state index is 12.0. The lowest BCUT2D eigenvalue weighted by atomic mass is 10.1. The van der Waals surface area contributed by atoms with E-state index in [4.69, 9.17) is 5.11 Å². The number of rotatable bonds is 3. The van der Waals surface area contributed by atoms with Crippen molar-refractivity contribution in [1.82, 2.24) is 9.80 Å². The number of nitrogens with zero attached hydrogens (tertiary/aromatic N) is 2. The first-order valence-electron chi connectivity index (χ1n) is 5.30. The Morgan fingerprint density at radius 3 is 2.75 bits per heavy atom. The van der Waals surface area contributed by atoms with Crippen LogP contribution in [0.4, 0.5) is 0 Å². The third kappa shape index (κ3) is 2.61. The lowest BCUT2D eigenvalue weighted by Crippen LogP contribution is -2.42. The van der Waals surface area contributed by atoms with Gasteiger partial charge in [0.05, 0.1) is 12.0 Å². The summed E-state index contributed by atoms with van der Waals surface area (Å²) in [6, 6.07) is -0.274. The summed E-state index contributed by atoms with van der Waals surface area (Å²) in [5.74, 6) is -1.42. The van der Waals surface area contributed by atoms with Crippen molar-refractivity contribution in [3.63, 3.8) is 0 Å². The highest BCUT2D eigenvalue weighted by atomic mass is 16.4. The summed E-state index contributed by atoms with van der Waals surface area (Å²) in [4.78, 5) is 26.3. The van der Waals surface area contributed by atoms with Gasteiger partial charge in [0.25, 0.3) is 0 Å². The van der Waals surface area contributed by atoms with Crippen molar-refractivity contribution in [1.29, 1.82) is 0 Å². The maximum absolute atomic E-state index is 12.0. The standard InChI is InChI=1S/C11H18N2O3/c1-4-5-13-7-9(11(15)16)6-12(3)8(2)10(13)14/h4,8-9H,1,5-7H2,2-3H3,(H,15,16). The smallest absolute Gasteiger partial charge is 0.309 e. The second-order valence-electron chi connectivity index (χ2n) is 4.18. The summed E-state index contributed by atoms with van der Waals surface area (Å²) in [5.41, 5.74) is 0. The van der Waals surface area contributed by atoms with Crippen LogP contribution in [0.25, 0.3) is 0 Å². The third-order valence-electron chi connectivity index (χ3n) is 2.98. The molecule has 1 saturated heterocycles. The molecule has 1 heterocycles. The van der Waals surface area contributed by atoms with Crippen LogP contribution in [0.1, 0.15) is 6.92 Å². The number of carbonyl (C=O) groups is 2. The molecule has 1 fully saturated rings. The first-order valence-corrected chi connectivity index (χ1v) is 5.30. The highest BCUT2D eigenvalue weighted by Crippen LogP contribution is 2.14. The number of hydrogen-bond acceptors (Lipinski definition) is 3. The van der Waals surface area contributed by atoms with Gasteiger partial charge in [-0.3, -0.25) is 14.5 Å². The first kappa shape index (κ1) is 12.7. The molecule has 16 heavy (non-hydrogen) atoms. The zero-order chi connectivity index (χ0) is 12.3. The highest BCUT2D eigenvalue weighted by molar-refractivity contribution is 5.83. The van der Waals surface area contributed by atoms with E-state index in [-0.39, 0.29) is 18.5 Å². The summed E-state index contributed by atoms with van der Waals surface area (Å²) in [6.07, 6.45) is 1.62. The van der Waals surface area contributed by atoms with Crippen molar-refractivity contribution in [3.8, 4) is 0 Å². The van der Waals surface area contributed by atoms with E-state index < -0.39 is 11.9 Å². The Morgan fingerprint density at radius 1 is 1.62 bits per heavy atom. The molecular formula is C11H18N2O3. The average Bonchev–Trinajstić information content (AvgIpc) is 2.33. The van der Waals surface area contributed by atoms with Gasteiger partial charge in [0.1, 0.15) is 0 Å². The van der Waals surface area contributed by atoms with E-state index in [9.17, 15) is 9.59 Å². The molecule has 1 amide bonds. The molecular weight excluding hydrogens is 208 g/mol. The Labute approximate surface area is 95.3 Å². The molecule has 90 valence electrons. The van der Waals surface area contributed by atoms with Gasteiger partial charge in [-0.15, -0.1) is 6.58 Å². The monoisotopic (exact) mass is 226 g/mol. The number of hydrogen-bond donors (Lipinski definition) is 1. The molecule has 1 rings (SSSR count). The number of aliphatic carboxylic acids is 1. The molecule has 1 aliphatic heterocycles. The summed E-state index contributed by atoms with van der Waals surface area (Å²) in [5, 5.41) is 9.05. The molecule has 0 saturated carbocycles. The van der Waals surface area contributed by atoms with Crippen LogP contribution in [-0.2, 0) is 9.59 Å². The zero-order valence-electron chi connectivity index (χ0n) is 9.72. The van der Waals surface area contributed by atoms with E-state index in [1.165, 1.54) is 0 Å². The number of carbonyl (C=O) groups excluding carboxylic acids is 1. The van der Waals surface area contributed by atoms with E-state index in [0.717, 1.165) is 0 Å². The Kier molecular flexibility index (Phi) is 4.06. The largest absolute Gasteiger partial charge is 0.481 e. The lowest BCUT2D eigenvalue weighted by Gasteiger charge is -2.24. The highest BCUT2D eigenvalue weighted by Gasteiger charge is 2.33. The van der Waals surface area contributed by atoms with Gasteiger partial charge in [0.15, 0.2) is 0 Å². The van der Waals surface area contributed by atoms with Crippen LogP contribution in [-0.4, -0.2) is 59.5 Å². The molecule has 0 aromatic rings. The van der Waals surface area contributed by atoms with Gasteiger partial charge in [0.2, 0.25) is 5.91 Å². The van der Waals surface area contributed by atoms with Crippen molar-refractivity contribution in [2.75, 3.05) is 26.7 Å². The van der Waals surface area contributed by atoms with Gasteiger partial charge in [-0.25, -0.2) is 0 Å². The van der Waals surface area contributed by atoms with Crippen LogP contribution in [0.2, 0.25) is 0 Å². The Hall–Kier alpha value is -1.36. The molecule has 5 nitrogen and oxygen atoms in total. The van der Waals surface area contributed by atoms with Crippen LogP contribution in [0, 0.1) is 5.92 Å². The number of carboxylic acids is 1. The lowest BCUT2D eigenvalue weighted by molar-refractivity contribution is -0.142. The maximum Gasteiger partial charge on any atom is 0.309 e. The second-order valence-corrected chi connectivity index (χ2v) is 4.18. The van der Waals surface area contributed by atoms with E-state index in [0.29, 0.717) is 13.1 Å². The van der Waals surface area contributed by atoms with Crippen molar-refractivity contribution in [3.05, 3.63) is 12.7 Å². The van der Waals surface area contributed by atoms with E-state index in [1.807, 2.05) is 0 Å². The Balaban J connectivity index is 2.88. The van der Waals surface area contributed by atoms with Gasteiger partial charge < -0.3 is 10.0 Å². The van der Waals surface area contributed by atoms with Crippen LogP contribution in [0.3, 0.4) is 0 Å². The molecule has 5 heteroatoms. The van der Waals surface area contributed by atoms with Crippen molar-refractivity contribution in [2.24, 2.45) is 5.92 Å². The number of carboxylic acid groups (broad SMARTS) is 1. The normalized spacial score (nSPS) is 27.6. The summed E-state index contributed by atoms with van der Waals surface area (Å²) in [7, 11) is 1.77. The first-order chi connectivity index (χ1) is 7.47. The predicted molar refractivity (Wildman–Crippen MR) is 60.0 cm³/mol. The third-order valence-corrected chi connectivity index (χ3v) is 2.98. The van der Waals surface area contributed by atoms with E-state index in [1.54, 1.807) is 29.8 Å². The van der Waals surface area contributed by atoms with Gasteiger partial charge in [-0.05, 0) is 14.0 Å². The van der Waals surface area contributed by atoms with Crippen LogP contribution < -0.4 is 0 Å². The molecule has 0 aromatic heterocycles. The fourth-order valence-electron chi connectivity index (χ4n) is 1.85. The predicted octanol–water partition coefficient (Wildman–Crippen LogP) is 0.0357. The van der Waals surface area contributed by atoms with E-state index in [2.05, 4.69) is 6.58 Å². The Bertz CT molecular complexity index is 304. The molecule has 0 aliphatic carbocycles. The molecule has 1 N–H and O–H groups in total. The van der Waals surface area contributed by atoms with E-state index >= 15 is 0 Å². The summed E-state index contributed by atoms with van der Waals surface area (Å²) < 4.78 is 0. The van der Waals surface area contributed by atoms with Crippen LogP contribution in [0.5, 0.6) is 0 Å². The molecule has 2 unspecified atom stereocenters. The van der Waals surface area contributed by atoms with Crippen LogP contribution in [0.15, 0.2) is 12.7 Å². The average molecular weight is 226 g/mol. The molecule has 0 spiro atoms. The van der Waals surface area contributed by atoms with Crippen molar-refractivity contribution < 1.29 is 14.7 Å². The summed E-state index contributed by atoms with van der Waals surface area (Å²) >= 11 is 0. The minimum atomic E-state index is -0.859. The fraction of sp³-hybridized carbons (Fsp3) is 0.636. The quantitative estimate of drug-likeness (QED) is 0.690. The summed E-state index contributed by atoms with van der Waals surface area (Å²) in [6.45, 7) is 6.43. The molecule has 2 atom stereocenters. The van der Waals surface area contributed by atoms with Gasteiger partial charge in [0, 0.05) is 19.6 Å². The number of likely N-dealkylation sites (N-methyl/N-ethyl adjacent to an activating group) is 1. The topological polar surface area (TPSA) is 60.9 Å². The minimum Gasteiger partial charge on any atom is -0.481 e. The SMILES string of the molecule is C=CCN1CC(C(=O)O)CN(C)C(C)C1=O. The van der Waals surface area contributed by atoms with Crippen LogP contribution >= 0.6 is 0 Å². The second kappa shape index (κ2) is 5.12. The Morgan fingerprint density at radius 2 is 2.25 bits per heavy atom. The van der Waals surface area contributed by atoms with Gasteiger partial charge in [-0.1, -0.05) is 6.08 Å². The zero-order valence-corrected chi connectivity index (χ0v) is 9.72. The van der Waals surface area contributed by atoms with Crippen molar-refractivity contribution in [2.45, 2.75) is 13.0 Å². The number of amides is 1. The molecule has 0 aromatic carbocycles. The fourth-order valence-corrected chi connectivity index (χ4v) is 1.85. The molecule has 0 bridgehead atoms. The minimum absolute atomic E-state index is 0.0360. The van der Waals surface area contributed by atoms with Gasteiger partial charge >= 0.3 is 5.97 Å². The molecule has 0 radical (unpaired) electrons. The molecule has 1 aliphatic rings. The van der Waals surface area contributed by atoms with Gasteiger partial charge in [-0.2, -0.15) is 0 Å². The van der Waals surface area contributed by atoms with Crippen molar-refractivity contribution >= 4 is 11.9 Å².